The van der Waals surface area contributed by atoms with Crippen LogP contribution in [0.25, 0.3) is 11.1 Å². The third kappa shape index (κ3) is 4.87. The molecule has 0 amide bonds. The molecule has 0 aliphatic heterocycles. The van der Waals surface area contributed by atoms with Crippen molar-refractivity contribution in [3.63, 3.8) is 0 Å². The van der Waals surface area contributed by atoms with Crippen LogP contribution in [-0.4, -0.2) is 11.7 Å². The molecule has 0 saturated heterocycles. The molecule has 29 heavy (non-hydrogen) atoms. The first-order valence-electron chi connectivity index (χ1n) is 10.5. The van der Waals surface area contributed by atoms with Crippen LogP contribution in [0, 0.1) is 5.92 Å². The molecule has 0 saturated carbocycles. The lowest BCUT2D eigenvalue weighted by atomic mass is 9.82. The number of aliphatic hydroxyl groups is 1. The molecule has 1 aliphatic rings. The summed E-state index contributed by atoms with van der Waals surface area (Å²) < 4.78 is 6.06. The monoisotopic (exact) mass is 387 g/mol. The number of aliphatic hydroxyl groups excluding tert-OH is 1. The molecule has 1 aliphatic carbocycles. The second-order valence-electron chi connectivity index (χ2n) is 7.96. The summed E-state index contributed by atoms with van der Waals surface area (Å²) in [5, 5.41) is 9.32. The van der Waals surface area contributed by atoms with E-state index < -0.39 is 0 Å². The van der Waals surface area contributed by atoms with Crippen molar-refractivity contribution in [2.45, 2.75) is 38.9 Å². The van der Waals surface area contributed by atoms with Gasteiger partial charge >= 0.3 is 0 Å². The summed E-state index contributed by atoms with van der Waals surface area (Å²) in [6.45, 7) is 1.41. The molecule has 3 aromatic carbocycles. The van der Waals surface area contributed by atoms with Crippen molar-refractivity contribution in [1.82, 2.24) is 0 Å². The van der Waals surface area contributed by atoms with Crippen molar-refractivity contribution < 1.29 is 9.84 Å². The maximum absolute atomic E-state index is 9.32. The van der Waals surface area contributed by atoms with E-state index in [1.807, 2.05) is 18.2 Å². The van der Waals surface area contributed by atoms with Gasteiger partial charge in [0, 0.05) is 0 Å². The average Bonchev–Trinajstić information content (AvgIpc) is 2.78. The molecule has 3 N–H and O–H groups in total. The minimum absolute atomic E-state index is 0.0637. The van der Waals surface area contributed by atoms with Gasteiger partial charge in [0.2, 0.25) is 0 Å². The highest BCUT2D eigenvalue weighted by Crippen LogP contribution is 2.30. The maximum Gasteiger partial charge on any atom is 0.120 e. The SMILES string of the molecule is NCCC1CCc2cc(OCc3ccc(-c4cccc(CO)c4)cc3)ccc2C1. The predicted molar refractivity (Wildman–Crippen MR) is 118 cm³/mol. The lowest BCUT2D eigenvalue weighted by molar-refractivity contribution is 0.282. The van der Waals surface area contributed by atoms with Gasteiger partial charge in [-0.2, -0.15) is 0 Å². The quantitative estimate of drug-likeness (QED) is 0.608. The van der Waals surface area contributed by atoms with Gasteiger partial charge in [-0.1, -0.05) is 48.5 Å². The van der Waals surface area contributed by atoms with Gasteiger partial charge in [-0.25, -0.2) is 0 Å². The van der Waals surface area contributed by atoms with E-state index in [2.05, 4.69) is 48.5 Å². The molecule has 3 heteroatoms. The zero-order valence-corrected chi connectivity index (χ0v) is 16.8. The number of nitrogens with two attached hydrogens (primary N) is 1. The minimum atomic E-state index is 0.0637. The first-order chi connectivity index (χ1) is 14.2. The van der Waals surface area contributed by atoms with Crippen molar-refractivity contribution in [1.29, 1.82) is 0 Å². The van der Waals surface area contributed by atoms with Gasteiger partial charge in [0.25, 0.3) is 0 Å². The molecule has 4 rings (SSSR count). The number of benzene rings is 3. The van der Waals surface area contributed by atoms with Gasteiger partial charge in [0.1, 0.15) is 12.4 Å². The number of hydrogen-bond acceptors (Lipinski definition) is 3. The van der Waals surface area contributed by atoms with Gasteiger partial charge < -0.3 is 15.6 Å². The molecule has 1 unspecified atom stereocenters. The summed E-state index contributed by atoms with van der Waals surface area (Å²) in [6, 6.07) is 23.0. The molecule has 1 atom stereocenters. The van der Waals surface area contributed by atoms with E-state index in [0.29, 0.717) is 6.61 Å². The van der Waals surface area contributed by atoms with Gasteiger partial charge in [0.05, 0.1) is 6.61 Å². The third-order valence-electron chi connectivity index (χ3n) is 5.89. The van der Waals surface area contributed by atoms with Crippen LogP contribution >= 0.6 is 0 Å². The van der Waals surface area contributed by atoms with Crippen molar-refractivity contribution in [3.8, 4) is 16.9 Å². The Labute approximate surface area is 173 Å². The number of rotatable bonds is 7. The first kappa shape index (κ1) is 19.7. The molecule has 3 nitrogen and oxygen atoms in total. The van der Waals surface area contributed by atoms with Crippen LogP contribution in [0.5, 0.6) is 5.75 Å². The Kier molecular flexibility index (Phi) is 6.28. The number of fused-ring (bicyclic) bond motifs is 1. The van der Waals surface area contributed by atoms with E-state index in [4.69, 9.17) is 10.5 Å². The fraction of sp³-hybridized carbons (Fsp3) is 0.308. The summed E-state index contributed by atoms with van der Waals surface area (Å²) in [5.74, 6) is 1.68. The van der Waals surface area contributed by atoms with Crippen molar-refractivity contribution in [3.05, 3.63) is 89.0 Å². The second kappa shape index (κ2) is 9.25. The zero-order valence-electron chi connectivity index (χ0n) is 16.8. The van der Waals surface area contributed by atoms with E-state index in [1.165, 1.54) is 17.5 Å². The van der Waals surface area contributed by atoms with E-state index >= 15 is 0 Å². The van der Waals surface area contributed by atoms with Crippen molar-refractivity contribution >= 4 is 0 Å². The molecule has 3 aromatic rings. The maximum atomic E-state index is 9.32. The second-order valence-corrected chi connectivity index (χ2v) is 7.96. The highest BCUT2D eigenvalue weighted by molar-refractivity contribution is 5.64. The van der Waals surface area contributed by atoms with E-state index in [1.54, 1.807) is 0 Å². The summed E-state index contributed by atoms with van der Waals surface area (Å²) >= 11 is 0. The Bertz CT molecular complexity index is 949. The average molecular weight is 388 g/mol. The molecule has 0 bridgehead atoms. The zero-order chi connectivity index (χ0) is 20.1. The fourth-order valence-electron chi connectivity index (χ4n) is 4.19. The molecular formula is C26H29NO2. The normalized spacial score (nSPS) is 15.7. The Morgan fingerprint density at radius 1 is 0.897 bits per heavy atom. The van der Waals surface area contributed by atoms with Crippen LogP contribution in [0.4, 0.5) is 0 Å². The van der Waals surface area contributed by atoms with Crippen LogP contribution in [0.2, 0.25) is 0 Å². The summed E-state index contributed by atoms with van der Waals surface area (Å²) in [6.07, 6.45) is 4.62. The molecule has 0 heterocycles. The molecule has 0 spiro atoms. The Morgan fingerprint density at radius 3 is 2.55 bits per heavy atom. The Hall–Kier alpha value is -2.62. The van der Waals surface area contributed by atoms with Crippen LogP contribution in [-0.2, 0) is 26.1 Å². The van der Waals surface area contributed by atoms with Crippen molar-refractivity contribution in [2.75, 3.05) is 6.54 Å². The van der Waals surface area contributed by atoms with Crippen LogP contribution in [0.1, 0.15) is 35.1 Å². The van der Waals surface area contributed by atoms with Crippen LogP contribution in [0.3, 0.4) is 0 Å². The number of aryl methyl sites for hydroxylation is 1. The largest absolute Gasteiger partial charge is 0.489 e. The number of ether oxygens (including phenoxy) is 1. The molecule has 150 valence electrons. The lowest BCUT2D eigenvalue weighted by Gasteiger charge is -2.24. The third-order valence-corrected chi connectivity index (χ3v) is 5.89. The highest BCUT2D eigenvalue weighted by atomic mass is 16.5. The predicted octanol–water partition coefficient (Wildman–Crippen LogP) is 4.88. The summed E-state index contributed by atoms with van der Waals surface area (Å²) in [5.41, 5.74) is 12.9. The summed E-state index contributed by atoms with van der Waals surface area (Å²) in [4.78, 5) is 0. The van der Waals surface area contributed by atoms with Gasteiger partial charge in [-0.3, -0.25) is 0 Å². The Balaban J connectivity index is 1.38. The fourth-order valence-corrected chi connectivity index (χ4v) is 4.19. The molecule has 0 aromatic heterocycles. The lowest BCUT2D eigenvalue weighted by Crippen LogP contribution is -2.17. The Morgan fingerprint density at radius 2 is 1.76 bits per heavy atom. The van der Waals surface area contributed by atoms with E-state index in [0.717, 1.165) is 59.7 Å². The molecular weight excluding hydrogens is 358 g/mol. The van der Waals surface area contributed by atoms with Gasteiger partial charge in [0.15, 0.2) is 0 Å². The standard InChI is InChI=1S/C26H29NO2/c27-13-12-19-4-9-25-16-26(11-10-24(25)14-19)29-18-20-5-7-22(8-6-20)23-3-1-2-21(15-23)17-28/h1-3,5-8,10-11,15-16,19,28H,4,9,12-14,17-18,27H2. The van der Waals surface area contributed by atoms with E-state index in [9.17, 15) is 5.11 Å². The molecule has 0 radical (unpaired) electrons. The summed E-state index contributed by atoms with van der Waals surface area (Å²) in [7, 11) is 0. The number of hydrogen-bond donors (Lipinski definition) is 2. The van der Waals surface area contributed by atoms with E-state index in [-0.39, 0.29) is 6.61 Å². The van der Waals surface area contributed by atoms with Gasteiger partial charge in [-0.15, -0.1) is 0 Å². The van der Waals surface area contributed by atoms with Crippen molar-refractivity contribution in [2.24, 2.45) is 11.7 Å². The first-order valence-corrected chi connectivity index (χ1v) is 10.5. The minimum Gasteiger partial charge on any atom is -0.489 e. The van der Waals surface area contributed by atoms with Gasteiger partial charge in [-0.05, 0) is 89.7 Å². The highest BCUT2D eigenvalue weighted by Gasteiger charge is 2.18. The molecule has 0 fully saturated rings. The smallest absolute Gasteiger partial charge is 0.120 e. The van der Waals surface area contributed by atoms with Crippen LogP contribution < -0.4 is 10.5 Å². The van der Waals surface area contributed by atoms with Crippen LogP contribution in [0.15, 0.2) is 66.7 Å². The topological polar surface area (TPSA) is 55.5 Å².